The third-order valence-corrected chi connectivity index (χ3v) is 4.26. The molecule has 0 spiro atoms. The fraction of sp³-hybridized carbons (Fsp3) is 0.647. The van der Waals surface area contributed by atoms with Crippen molar-refractivity contribution in [3.8, 4) is 0 Å². The fourth-order valence-corrected chi connectivity index (χ4v) is 3.21. The first-order valence-corrected chi connectivity index (χ1v) is 8.13. The molecular weight excluding hydrogens is 262 g/mol. The number of carbonyl (C=O) groups is 1. The third-order valence-electron chi connectivity index (χ3n) is 4.26. The van der Waals surface area contributed by atoms with Crippen LogP contribution in [0.25, 0.3) is 0 Å². The van der Waals surface area contributed by atoms with Gasteiger partial charge in [0, 0.05) is 17.8 Å². The second-order valence-electron chi connectivity index (χ2n) is 6.37. The number of hydrogen-bond donors (Lipinski definition) is 2. The number of hydrogen-bond acceptors (Lipinski definition) is 3. The van der Waals surface area contributed by atoms with E-state index in [-0.39, 0.29) is 5.91 Å². The van der Waals surface area contributed by atoms with Gasteiger partial charge in [-0.3, -0.25) is 4.79 Å². The van der Waals surface area contributed by atoms with Crippen molar-refractivity contribution >= 4 is 11.7 Å². The summed E-state index contributed by atoms with van der Waals surface area (Å²) in [5, 5.41) is 3.06. The number of nitrogen functional groups attached to an aromatic ring is 1. The molecule has 1 aromatic rings. The Morgan fingerprint density at radius 1 is 1.43 bits per heavy atom. The number of anilines is 1. The number of nitrogens with one attached hydrogen (secondary N) is 1. The minimum absolute atomic E-state index is 0.0281. The van der Waals surface area contributed by atoms with Gasteiger partial charge >= 0.3 is 0 Å². The van der Waals surface area contributed by atoms with Gasteiger partial charge in [-0.15, -0.1) is 0 Å². The molecule has 2 unspecified atom stereocenters. The van der Waals surface area contributed by atoms with Crippen LogP contribution in [0.15, 0.2) is 12.1 Å². The molecule has 21 heavy (non-hydrogen) atoms. The molecule has 1 aromatic heterocycles. The van der Waals surface area contributed by atoms with Gasteiger partial charge in [-0.1, -0.05) is 33.1 Å². The van der Waals surface area contributed by atoms with E-state index in [2.05, 4.69) is 24.1 Å². The van der Waals surface area contributed by atoms with Crippen molar-refractivity contribution in [1.82, 2.24) is 10.3 Å². The van der Waals surface area contributed by atoms with Crippen molar-refractivity contribution in [2.45, 2.75) is 52.4 Å². The fourth-order valence-electron chi connectivity index (χ4n) is 3.21. The molecule has 2 atom stereocenters. The maximum Gasteiger partial charge on any atom is 0.251 e. The highest BCUT2D eigenvalue weighted by molar-refractivity contribution is 5.94. The van der Waals surface area contributed by atoms with Crippen molar-refractivity contribution in [3.63, 3.8) is 0 Å². The lowest BCUT2D eigenvalue weighted by Gasteiger charge is -2.26. The van der Waals surface area contributed by atoms with Crippen molar-refractivity contribution in [1.29, 1.82) is 0 Å². The van der Waals surface area contributed by atoms with E-state index in [9.17, 15) is 4.79 Å². The summed E-state index contributed by atoms with van der Waals surface area (Å²) < 4.78 is 0. The van der Waals surface area contributed by atoms with Crippen LogP contribution in [0.5, 0.6) is 0 Å². The normalized spacial score (nSPS) is 22.0. The van der Waals surface area contributed by atoms with Crippen LogP contribution in [0.2, 0.25) is 0 Å². The largest absolute Gasteiger partial charge is 0.384 e. The maximum atomic E-state index is 12.3. The standard InChI is InChI=1S/C17H27N3O/c1-3-5-15-9-14(10-16(18)20-15)17(21)19-11-13-7-4-6-12(2)8-13/h9-10,12-13H,3-8,11H2,1-2H3,(H2,18,20)(H,19,21). The van der Waals surface area contributed by atoms with E-state index in [1.807, 2.05) is 6.07 Å². The average molecular weight is 289 g/mol. The van der Waals surface area contributed by atoms with Crippen LogP contribution in [0.4, 0.5) is 5.82 Å². The highest BCUT2D eigenvalue weighted by Gasteiger charge is 2.19. The predicted octanol–water partition coefficient (Wildman–Crippen LogP) is 3.17. The van der Waals surface area contributed by atoms with Crippen molar-refractivity contribution < 1.29 is 4.79 Å². The number of pyridine rings is 1. The summed E-state index contributed by atoms with van der Waals surface area (Å²) in [6.45, 7) is 5.16. The summed E-state index contributed by atoms with van der Waals surface area (Å²) in [7, 11) is 0. The van der Waals surface area contributed by atoms with Crippen molar-refractivity contribution in [3.05, 3.63) is 23.4 Å². The second kappa shape index (κ2) is 7.43. The highest BCUT2D eigenvalue weighted by Crippen LogP contribution is 2.27. The van der Waals surface area contributed by atoms with Gasteiger partial charge in [-0.05, 0) is 43.2 Å². The molecule has 4 heteroatoms. The maximum absolute atomic E-state index is 12.3. The molecule has 1 heterocycles. The molecule has 0 aliphatic heterocycles. The highest BCUT2D eigenvalue weighted by atomic mass is 16.1. The summed E-state index contributed by atoms with van der Waals surface area (Å²) in [6, 6.07) is 3.52. The molecule has 0 bridgehead atoms. The first-order valence-electron chi connectivity index (χ1n) is 8.13. The molecule has 4 nitrogen and oxygen atoms in total. The van der Waals surface area contributed by atoms with E-state index in [0.29, 0.717) is 17.3 Å². The van der Waals surface area contributed by atoms with Gasteiger partial charge in [-0.25, -0.2) is 4.98 Å². The third kappa shape index (κ3) is 4.73. The van der Waals surface area contributed by atoms with E-state index in [0.717, 1.165) is 31.0 Å². The minimum Gasteiger partial charge on any atom is -0.384 e. The number of rotatable bonds is 5. The van der Waals surface area contributed by atoms with Gasteiger partial charge in [-0.2, -0.15) is 0 Å². The van der Waals surface area contributed by atoms with Crippen molar-refractivity contribution in [2.24, 2.45) is 11.8 Å². The van der Waals surface area contributed by atoms with Gasteiger partial charge < -0.3 is 11.1 Å². The van der Waals surface area contributed by atoms with Crippen LogP contribution in [-0.4, -0.2) is 17.4 Å². The lowest BCUT2D eigenvalue weighted by atomic mass is 9.82. The van der Waals surface area contributed by atoms with E-state index >= 15 is 0 Å². The van der Waals surface area contributed by atoms with Crippen LogP contribution in [0, 0.1) is 11.8 Å². The summed E-state index contributed by atoms with van der Waals surface area (Å²) in [5.74, 6) is 1.80. The van der Waals surface area contributed by atoms with Crippen molar-refractivity contribution in [2.75, 3.05) is 12.3 Å². The quantitative estimate of drug-likeness (QED) is 0.874. The Bertz CT molecular complexity index is 487. The first kappa shape index (κ1) is 15.8. The van der Waals surface area contributed by atoms with Gasteiger partial charge in [0.15, 0.2) is 0 Å². The molecule has 0 saturated heterocycles. The van der Waals surface area contributed by atoms with Crippen LogP contribution in [0.3, 0.4) is 0 Å². The monoisotopic (exact) mass is 289 g/mol. The zero-order valence-corrected chi connectivity index (χ0v) is 13.2. The molecule has 116 valence electrons. The van der Waals surface area contributed by atoms with Crippen LogP contribution in [-0.2, 0) is 6.42 Å². The van der Waals surface area contributed by atoms with Crippen LogP contribution >= 0.6 is 0 Å². The summed E-state index contributed by atoms with van der Waals surface area (Å²) in [4.78, 5) is 16.5. The second-order valence-corrected chi connectivity index (χ2v) is 6.37. The first-order chi connectivity index (χ1) is 10.1. The van der Waals surface area contributed by atoms with Gasteiger partial charge in [0.2, 0.25) is 0 Å². The number of amides is 1. The SMILES string of the molecule is CCCc1cc(C(=O)NCC2CCCC(C)C2)cc(N)n1. The summed E-state index contributed by atoms with van der Waals surface area (Å²) in [6.07, 6.45) is 6.91. The Kier molecular flexibility index (Phi) is 5.59. The zero-order valence-electron chi connectivity index (χ0n) is 13.2. The number of carbonyl (C=O) groups excluding carboxylic acids is 1. The Hall–Kier alpha value is -1.58. The smallest absolute Gasteiger partial charge is 0.251 e. The van der Waals surface area contributed by atoms with Gasteiger partial charge in [0.1, 0.15) is 5.82 Å². The Balaban J connectivity index is 1.93. The molecule has 1 saturated carbocycles. The number of aromatic nitrogens is 1. The molecule has 1 amide bonds. The molecule has 2 rings (SSSR count). The Morgan fingerprint density at radius 3 is 2.95 bits per heavy atom. The molecular formula is C17H27N3O. The van der Waals surface area contributed by atoms with Crippen LogP contribution < -0.4 is 11.1 Å². The molecule has 3 N–H and O–H groups in total. The lowest BCUT2D eigenvalue weighted by Crippen LogP contribution is -2.31. The molecule has 0 aromatic carbocycles. The summed E-state index contributed by atoms with van der Waals surface area (Å²) >= 11 is 0. The van der Waals surface area contributed by atoms with E-state index < -0.39 is 0 Å². The molecule has 1 fully saturated rings. The van der Waals surface area contributed by atoms with Gasteiger partial charge in [0.05, 0.1) is 0 Å². The Morgan fingerprint density at radius 2 is 2.24 bits per heavy atom. The average Bonchev–Trinajstić information content (AvgIpc) is 2.44. The van der Waals surface area contributed by atoms with Gasteiger partial charge in [0.25, 0.3) is 5.91 Å². The molecule has 1 aliphatic rings. The predicted molar refractivity (Wildman–Crippen MR) is 86.1 cm³/mol. The lowest BCUT2D eigenvalue weighted by molar-refractivity contribution is 0.0940. The van der Waals surface area contributed by atoms with E-state index in [1.54, 1.807) is 6.07 Å². The Labute approximate surface area is 127 Å². The minimum atomic E-state index is -0.0281. The summed E-state index contributed by atoms with van der Waals surface area (Å²) in [5.41, 5.74) is 7.32. The number of nitrogens with zero attached hydrogens (tertiary/aromatic N) is 1. The topological polar surface area (TPSA) is 68.0 Å². The van der Waals surface area contributed by atoms with Crippen LogP contribution in [0.1, 0.15) is 62.0 Å². The molecule has 0 radical (unpaired) electrons. The van der Waals surface area contributed by atoms with E-state index in [4.69, 9.17) is 5.73 Å². The number of nitrogens with two attached hydrogens (primary N) is 1. The zero-order chi connectivity index (χ0) is 15.2. The molecule has 1 aliphatic carbocycles. The van der Waals surface area contributed by atoms with E-state index in [1.165, 1.54) is 25.7 Å². The number of aryl methyl sites for hydroxylation is 1.